The predicted octanol–water partition coefficient (Wildman–Crippen LogP) is 3.07. The number of amides is 1. The third kappa shape index (κ3) is 2.48. The van der Waals surface area contributed by atoms with Gasteiger partial charge < -0.3 is 21.1 Å². The second-order valence-corrected chi connectivity index (χ2v) is 5.12. The van der Waals surface area contributed by atoms with Crippen molar-refractivity contribution < 1.29 is 9.53 Å². The smallest absolute Gasteiger partial charge is 0.258 e. The Bertz CT molecular complexity index is 781. The summed E-state index contributed by atoms with van der Waals surface area (Å²) in [5, 5.41) is 6.09. The van der Waals surface area contributed by atoms with E-state index in [1.54, 1.807) is 19.2 Å². The van der Waals surface area contributed by atoms with Crippen LogP contribution in [-0.4, -0.2) is 13.0 Å². The number of anilines is 3. The van der Waals surface area contributed by atoms with Crippen LogP contribution in [0.4, 0.5) is 17.1 Å². The summed E-state index contributed by atoms with van der Waals surface area (Å²) in [4.78, 5) is 12.2. The lowest BCUT2D eigenvalue weighted by Crippen LogP contribution is -2.08. The first-order valence-corrected chi connectivity index (χ1v) is 6.91. The number of hydrogen-bond donors (Lipinski definition) is 3. The second-order valence-electron chi connectivity index (χ2n) is 5.12. The predicted molar refractivity (Wildman–Crippen MR) is 88.7 cm³/mol. The average Bonchev–Trinajstić information content (AvgIpc) is 2.82. The van der Waals surface area contributed by atoms with Crippen molar-refractivity contribution >= 4 is 28.5 Å². The van der Waals surface area contributed by atoms with E-state index in [0.29, 0.717) is 11.3 Å². The highest BCUT2D eigenvalue weighted by Gasteiger charge is 2.26. The van der Waals surface area contributed by atoms with Crippen LogP contribution in [0, 0.1) is 0 Å². The van der Waals surface area contributed by atoms with E-state index >= 15 is 0 Å². The van der Waals surface area contributed by atoms with Gasteiger partial charge in [0, 0.05) is 34.4 Å². The Kier molecular flexibility index (Phi) is 3.47. The van der Waals surface area contributed by atoms with Crippen molar-refractivity contribution in [2.45, 2.75) is 6.92 Å². The van der Waals surface area contributed by atoms with E-state index in [1.165, 1.54) is 0 Å². The summed E-state index contributed by atoms with van der Waals surface area (Å²) < 4.78 is 5.20. The molecule has 0 atom stereocenters. The van der Waals surface area contributed by atoms with Gasteiger partial charge in [0.15, 0.2) is 0 Å². The van der Waals surface area contributed by atoms with Crippen molar-refractivity contribution in [2.24, 2.45) is 0 Å². The Labute approximate surface area is 128 Å². The SMILES string of the molecule is COc1cccc(NC(C)=C2C(=O)Nc3ccc(N)cc32)c1. The Morgan fingerprint density at radius 2 is 2.05 bits per heavy atom. The molecule has 4 N–H and O–H groups in total. The number of allylic oxidation sites excluding steroid dienone is 1. The molecule has 0 saturated carbocycles. The van der Waals surface area contributed by atoms with Crippen molar-refractivity contribution in [2.75, 3.05) is 23.5 Å². The number of benzene rings is 2. The summed E-state index contributed by atoms with van der Waals surface area (Å²) in [5.41, 5.74) is 10.3. The molecule has 1 amide bonds. The summed E-state index contributed by atoms with van der Waals surface area (Å²) in [5.74, 6) is 0.622. The Morgan fingerprint density at radius 1 is 1.23 bits per heavy atom. The van der Waals surface area contributed by atoms with E-state index < -0.39 is 0 Å². The minimum absolute atomic E-state index is 0.131. The number of nitrogens with one attached hydrogen (secondary N) is 2. The number of carbonyl (C=O) groups excluding carboxylic acids is 1. The molecule has 0 unspecified atom stereocenters. The van der Waals surface area contributed by atoms with Gasteiger partial charge in [-0.3, -0.25) is 4.79 Å². The number of rotatable bonds is 3. The molecular weight excluding hydrogens is 278 g/mol. The molecule has 5 heteroatoms. The van der Waals surface area contributed by atoms with Crippen LogP contribution in [0.25, 0.3) is 5.57 Å². The van der Waals surface area contributed by atoms with Gasteiger partial charge in [-0.25, -0.2) is 0 Å². The molecule has 0 saturated heterocycles. The molecule has 1 heterocycles. The van der Waals surface area contributed by atoms with Crippen LogP contribution in [0.15, 0.2) is 48.2 Å². The standard InChI is InChI=1S/C17H17N3O2/c1-10(19-12-4-3-5-13(9-12)22-2)16-14-8-11(18)6-7-15(14)20-17(16)21/h3-9,19H,18H2,1-2H3,(H,20,21). The third-order valence-electron chi connectivity index (χ3n) is 3.56. The van der Waals surface area contributed by atoms with Crippen molar-refractivity contribution in [3.8, 4) is 5.75 Å². The fraction of sp³-hybridized carbons (Fsp3) is 0.118. The lowest BCUT2D eigenvalue weighted by molar-refractivity contribution is -0.110. The maximum absolute atomic E-state index is 12.2. The molecule has 1 aliphatic heterocycles. The zero-order valence-corrected chi connectivity index (χ0v) is 12.4. The van der Waals surface area contributed by atoms with E-state index in [9.17, 15) is 4.79 Å². The molecule has 5 nitrogen and oxygen atoms in total. The molecule has 112 valence electrons. The number of fused-ring (bicyclic) bond motifs is 1. The highest BCUT2D eigenvalue weighted by atomic mass is 16.5. The molecule has 0 aliphatic carbocycles. The van der Waals surface area contributed by atoms with Gasteiger partial charge in [-0.2, -0.15) is 0 Å². The lowest BCUT2D eigenvalue weighted by Gasteiger charge is -2.11. The van der Waals surface area contributed by atoms with Crippen LogP contribution in [-0.2, 0) is 4.79 Å². The molecule has 0 radical (unpaired) electrons. The van der Waals surface area contributed by atoms with Crippen molar-refractivity contribution in [1.82, 2.24) is 0 Å². The maximum Gasteiger partial charge on any atom is 0.258 e. The number of nitrogens with two attached hydrogens (primary N) is 1. The average molecular weight is 295 g/mol. The molecule has 0 spiro atoms. The first-order chi connectivity index (χ1) is 10.6. The fourth-order valence-electron chi connectivity index (χ4n) is 2.54. The normalized spacial score (nSPS) is 15.1. The third-order valence-corrected chi connectivity index (χ3v) is 3.56. The summed E-state index contributed by atoms with van der Waals surface area (Å²) in [6.07, 6.45) is 0. The van der Waals surface area contributed by atoms with Crippen LogP contribution in [0.3, 0.4) is 0 Å². The maximum atomic E-state index is 12.2. The molecule has 0 bridgehead atoms. The fourth-order valence-corrected chi connectivity index (χ4v) is 2.54. The Morgan fingerprint density at radius 3 is 2.82 bits per heavy atom. The molecule has 2 aromatic carbocycles. The summed E-state index contributed by atoms with van der Waals surface area (Å²) in [7, 11) is 1.62. The topological polar surface area (TPSA) is 76.4 Å². The number of methoxy groups -OCH3 is 1. The molecule has 2 aromatic rings. The van der Waals surface area contributed by atoms with E-state index in [4.69, 9.17) is 10.5 Å². The van der Waals surface area contributed by atoms with Gasteiger partial charge in [0.2, 0.25) is 0 Å². The van der Waals surface area contributed by atoms with Crippen LogP contribution in [0.1, 0.15) is 12.5 Å². The minimum Gasteiger partial charge on any atom is -0.497 e. The molecule has 0 fully saturated rings. The van der Waals surface area contributed by atoms with Gasteiger partial charge in [-0.1, -0.05) is 6.07 Å². The highest BCUT2D eigenvalue weighted by Crippen LogP contribution is 2.35. The first kappa shape index (κ1) is 14.0. The van der Waals surface area contributed by atoms with Crippen molar-refractivity contribution in [1.29, 1.82) is 0 Å². The summed E-state index contributed by atoms with van der Waals surface area (Å²) >= 11 is 0. The largest absolute Gasteiger partial charge is 0.497 e. The molecular formula is C17H17N3O2. The second kappa shape index (κ2) is 5.44. The number of hydrogen-bond acceptors (Lipinski definition) is 4. The zero-order chi connectivity index (χ0) is 15.7. The Hall–Kier alpha value is -2.95. The van der Waals surface area contributed by atoms with Crippen LogP contribution in [0.2, 0.25) is 0 Å². The highest BCUT2D eigenvalue weighted by molar-refractivity contribution is 6.32. The van der Waals surface area contributed by atoms with Gasteiger partial charge in [0.1, 0.15) is 5.75 Å². The number of ether oxygens (including phenoxy) is 1. The van der Waals surface area contributed by atoms with Crippen LogP contribution in [0.5, 0.6) is 5.75 Å². The zero-order valence-electron chi connectivity index (χ0n) is 12.4. The Balaban J connectivity index is 1.99. The monoisotopic (exact) mass is 295 g/mol. The number of carbonyl (C=O) groups is 1. The first-order valence-electron chi connectivity index (χ1n) is 6.91. The molecule has 22 heavy (non-hydrogen) atoms. The summed E-state index contributed by atoms with van der Waals surface area (Å²) in [6, 6.07) is 12.9. The minimum atomic E-state index is -0.131. The molecule has 3 rings (SSSR count). The van der Waals surface area contributed by atoms with Crippen LogP contribution >= 0.6 is 0 Å². The quantitative estimate of drug-likeness (QED) is 0.601. The molecule has 1 aliphatic rings. The van der Waals surface area contributed by atoms with Gasteiger partial charge in [-0.15, -0.1) is 0 Å². The lowest BCUT2D eigenvalue weighted by atomic mass is 10.0. The van der Waals surface area contributed by atoms with Gasteiger partial charge in [-0.05, 0) is 37.3 Å². The number of nitrogen functional groups attached to an aromatic ring is 1. The van der Waals surface area contributed by atoms with Crippen molar-refractivity contribution in [3.63, 3.8) is 0 Å². The van der Waals surface area contributed by atoms with E-state index in [1.807, 2.05) is 37.3 Å². The van der Waals surface area contributed by atoms with E-state index in [-0.39, 0.29) is 5.91 Å². The van der Waals surface area contributed by atoms with Crippen molar-refractivity contribution in [3.05, 3.63) is 53.7 Å². The van der Waals surface area contributed by atoms with Gasteiger partial charge in [0.05, 0.1) is 12.7 Å². The van der Waals surface area contributed by atoms with Gasteiger partial charge >= 0.3 is 0 Å². The van der Waals surface area contributed by atoms with Gasteiger partial charge in [0.25, 0.3) is 5.91 Å². The van der Waals surface area contributed by atoms with Crippen LogP contribution < -0.4 is 21.1 Å². The molecule has 0 aromatic heterocycles. The summed E-state index contributed by atoms with van der Waals surface area (Å²) in [6.45, 7) is 1.87. The van der Waals surface area contributed by atoms with E-state index in [2.05, 4.69) is 10.6 Å². The van der Waals surface area contributed by atoms with E-state index in [0.717, 1.165) is 28.4 Å².